The first kappa shape index (κ1) is 16.2. The molecule has 2 amide bonds. The van der Waals surface area contributed by atoms with Gasteiger partial charge < -0.3 is 5.32 Å². The van der Waals surface area contributed by atoms with E-state index in [1.165, 1.54) is 0 Å². The third-order valence-corrected chi connectivity index (χ3v) is 4.49. The van der Waals surface area contributed by atoms with Crippen LogP contribution in [0.1, 0.15) is 12.6 Å². The van der Waals surface area contributed by atoms with Crippen molar-refractivity contribution < 1.29 is 9.00 Å². The zero-order valence-corrected chi connectivity index (χ0v) is 13.5. The van der Waals surface area contributed by atoms with Gasteiger partial charge in [-0.15, -0.1) is 0 Å². The normalized spacial score (nSPS) is 11.9. The van der Waals surface area contributed by atoms with Crippen LogP contribution < -0.4 is 10.6 Å². The van der Waals surface area contributed by atoms with Gasteiger partial charge in [0.1, 0.15) is 5.82 Å². The zero-order chi connectivity index (χ0) is 15.9. The Morgan fingerprint density at radius 1 is 1.32 bits per heavy atom. The maximum Gasteiger partial charge on any atom is 0.320 e. The van der Waals surface area contributed by atoms with Crippen molar-refractivity contribution in [1.82, 2.24) is 15.1 Å². The number of nitrogens with one attached hydrogen (secondary N) is 2. The molecule has 2 rings (SSSR count). The maximum absolute atomic E-state index is 12.0. The summed E-state index contributed by atoms with van der Waals surface area (Å²) < 4.78 is 13.6. The molecule has 0 aliphatic carbocycles. The van der Waals surface area contributed by atoms with Crippen LogP contribution in [-0.2, 0) is 24.3 Å². The minimum absolute atomic E-state index is 0.323. The first-order valence-corrected chi connectivity index (χ1v) is 8.43. The Morgan fingerprint density at radius 2 is 2.05 bits per heavy atom. The fourth-order valence-corrected chi connectivity index (χ4v) is 2.91. The Kier molecular flexibility index (Phi) is 5.71. The molecule has 1 aromatic heterocycles. The summed E-state index contributed by atoms with van der Waals surface area (Å²) in [7, 11) is 0.669. The van der Waals surface area contributed by atoms with Crippen molar-refractivity contribution in [2.75, 3.05) is 17.6 Å². The molecule has 0 aliphatic heterocycles. The fraction of sp³-hybridized carbons (Fsp3) is 0.333. The highest BCUT2D eigenvalue weighted by molar-refractivity contribution is 7.85. The number of anilines is 1. The van der Waals surface area contributed by atoms with Gasteiger partial charge in [0.25, 0.3) is 0 Å². The number of aryl methyl sites for hydroxylation is 2. The standard InChI is InChI=1S/C15H20N4O2S/c1-3-12-11-14(19(2)18-12)17-15(20)16-9-10-22(21)13-7-5-4-6-8-13/h4-8,11H,3,9-10H2,1-2H3,(H2,16,17,20)/t22-/m0/s1. The van der Waals surface area contributed by atoms with Crippen molar-refractivity contribution in [3.63, 3.8) is 0 Å². The van der Waals surface area contributed by atoms with Crippen LogP contribution in [0.5, 0.6) is 0 Å². The van der Waals surface area contributed by atoms with E-state index >= 15 is 0 Å². The molecular formula is C15H20N4O2S. The Hall–Kier alpha value is -2.15. The van der Waals surface area contributed by atoms with Gasteiger partial charge in [0.2, 0.25) is 0 Å². The molecule has 1 atom stereocenters. The van der Waals surface area contributed by atoms with Crippen LogP contribution in [0.2, 0.25) is 0 Å². The van der Waals surface area contributed by atoms with Gasteiger partial charge in [-0.1, -0.05) is 25.1 Å². The smallest absolute Gasteiger partial charge is 0.320 e. The number of carbonyl (C=O) groups is 1. The van der Waals surface area contributed by atoms with Crippen LogP contribution in [0.15, 0.2) is 41.3 Å². The van der Waals surface area contributed by atoms with Crippen LogP contribution in [0.25, 0.3) is 0 Å². The largest absolute Gasteiger partial charge is 0.337 e. The van der Waals surface area contributed by atoms with Crippen LogP contribution >= 0.6 is 0 Å². The summed E-state index contributed by atoms with van der Waals surface area (Å²) in [6.45, 7) is 2.34. The van der Waals surface area contributed by atoms with E-state index in [1.54, 1.807) is 11.7 Å². The average molecular weight is 320 g/mol. The molecule has 22 heavy (non-hydrogen) atoms. The van der Waals surface area contributed by atoms with E-state index in [0.717, 1.165) is 17.0 Å². The number of benzene rings is 1. The highest BCUT2D eigenvalue weighted by Gasteiger charge is 2.08. The summed E-state index contributed by atoms with van der Waals surface area (Å²) in [5.74, 6) is 1.02. The lowest BCUT2D eigenvalue weighted by molar-refractivity contribution is 0.252. The highest BCUT2D eigenvalue weighted by Crippen LogP contribution is 2.09. The molecule has 0 aliphatic rings. The summed E-state index contributed by atoms with van der Waals surface area (Å²) in [6, 6.07) is 10.7. The van der Waals surface area contributed by atoms with E-state index in [-0.39, 0.29) is 6.03 Å². The van der Waals surface area contributed by atoms with E-state index < -0.39 is 10.8 Å². The number of hydrogen-bond acceptors (Lipinski definition) is 3. The molecule has 6 nitrogen and oxygen atoms in total. The number of urea groups is 1. The SMILES string of the molecule is CCc1cc(NC(=O)NCC[S@](=O)c2ccccc2)n(C)n1. The molecule has 2 aromatic rings. The second-order valence-corrected chi connectivity index (χ2v) is 6.31. The van der Waals surface area contributed by atoms with Crippen molar-refractivity contribution in [3.05, 3.63) is 42.1 Å². The number of amides is 2. The van der Waals surface area contributed by atoms with Crippen LogP contribution in [-0.4, -0.2) is 32.3 Å². The van der Waals surface area contributed by atoms with E-state index in [9.17, 15) is 9.00 Å². The van der Waals surface area contributed by atoms with Crippen LogP contribution in [0.4, 0.5) is 10.6 Å². The van der Waals surface area contributed by atoms with Crippen molar-refractivity contribution in [1.29, 1.82) is 0 Å². The lowest BCUT2D eigenvalue weighted by Crippen LogP contribution is -2.32. The van der Waals surface area contributed by atoms with E-state index in [0.29, 0.717) is 18.1 Å². The minimum atomic E-state index is -1.11. The van der Waals surface area contributed by atoms with Crippen molar-refractivity contribution in [2.24, 2.45) is 7.05 Å². The maximum atomic E-state index is 12.0. The molecule has 0 unspecified atom stereocenters. The van der Waals surface area contributed by atoms with E-state index in [2.05, 4.69) is 15.7 Å². The molecule has 1 aromatic carbocycles. The summed E-state index contributed by atoms with van der Waals surface area (Å²) in [5, 5.41) is 9.69. The molecule has 0 spiro atoms. The summed E-state index contributed by atoms with van der Waals surface area (Å²) >= 11 is 0. The molecule has 118 valence electrons. The van der Waals surface area contributed by atoms with Gasteiger partial charge in [-0.2, -0.15) is 5.10 Å². The molecule has 0 radical (unpaired) electrons. The summed E-state index contributed by atoms with van der Waals surface area (Å²) in [5.41, 5.74) is 0.919. The molecule has 0 bridgehead atoms. The van der Waals surface area contributed by atoms with Gasteiger partial charge in [0, 0.05) is 30.3 Å². The second-order valence-electron chi connectivity index (χ2n) is 4.74. The van der Waals surface area contributed by atoms with E-state index in [4.69, 9.17) is 0 Å². The third-order valence-electron chi connectivity index (χ3n) is 3.11. The molecule has 1 heterocycles. The molecule has 0 fully saturated rings. The molecule has 0 saturated heterocycles. The molecule has 7 heteroatoms. The van der Waals surface area contributed by atoms with Crippen LogP contribution in [0, 0.1) is 0 Å². The van der Waals surface area contributed by atoms with Gasteiger partial charge in [-0.3, -0.25) is 14.2 Å². The van der Waals surface area contributed by atoms with Gasteiger partial charge in [0.15, 0.2) is 0 Å². The molecule has 2 N–H and O–H groups in total. The van der Waals surface area contributed by atoms with Crippen molar-refractivity contribution >= 4 is 22.6 Å². The quantitative estimate of drug-likeness (QED) is 0.853. The van der Waals surface area contributed by atoms with Crippen molar-refractivity contribution in [3.8, 4) is 0 Å². The fourth-order valence-electron chi connectivity index (χ4n) is 1.92. The van der Waals surface area contributed by atoms with Gasteiger partial charge in [-0.25, -0.2) is 4.79 Å². The summed E-state index contributed by atoms with van der Waals surface area (Å²) in [4.78, 5) is 12.6. The first-order valence-electron chi connectivity index (χ1n) is 7.11. The first-order chi connectivity index (χ1) is 10.6. The third kappa shape index (κ3) is 4.42. The number of rotatable bonds is 6. The number of carbonyl (C=O) groups excluding carboxylic acids is 1. The average Bonchev–Trinajstić information content (AvgIpc) is 2.88. The predicted octanol–water partition coefficient (Wildman–Crippen LogP) is 1.91. The van der Waals surface area contributed by atoms with Gasteiger partial charge in [-0.05, 0) is 18.6 Å². The van der Waals surface area contributed by atoms with Crippen LogP contribution in [0.3, 0.4) is 0 Å². The Balaban J connectivity index is 1.78. The topological polar surface area (TPSA) is 76.0 Å². The lowest BCUT2D eigenvalue weighted by atomic mass is 10.3. The monoisotopic (exact) mass is 320 g/mol. The Labute approximate surface area is 132 Å². The Bertz CT molecular complexity index is 655. The number of aromatic nitrogens is 2. The van der Waals surface area contributed by atoms with Crippen molar-refractivity contribution in [2.45, 2.75) is 18.2 Å². The van der Waals surface area contributed by atoms with E-state index in [1.807, 2.05) is 43.3 Å². The lowest BCUT2D eigenvalue weighted by Gasteiger charge is -2.07. The summed E-state index contributed by atoms with van der Waals surface area (Å²) in [6.07, 6.45) is 0.813. The molecule has 0 saturated carbocycles. The zero-order valence-electron chi connectivity index (χ0n) is 12.7. The number of nitrogens with zero attached hydrogens (tertiary/aromatic N) is 2. The highest BCUT2D eigenvalue weighted by atomic mass is 32.2. The number of hydrogen-bond donors (Lipinski definition) is 2. The minimum Gasteiger partial charge on any atom is -0.337 e. The van der Waals surface area contributed by atoms with Gasteiger partial charge >= 0.3 is 6.03 Å². The second kappa shape index (κ2) is 7.74. The predicted molar refractivity (Wildman–Crippen MR) is 87.3 cm³/mol. The van der Waals surface area contributed by atoms with Gasteiger partial charge in [0.05, 0.1) is 16.5 Å². The molecular weight excluding hydrogens is 300 g/mol. The Morgan fingerprint density at radius 3 is 2.68 bits per heavy atom.